The van der Waals surface area contributed by atoms with Crippen LogP contribution in [0.3, 0.4) is 0 Å². The second kappa shape index (κ2) is 5.96. The molecule has 0 saturated heterocycles. The molecule has 7 nitrogen and oxygen atoms in total. The summed E-state index contributed by atoms with van der Waals surface area (Å²) in [6.07, 6.45) is 1.71. The highest BCUT2D eigenvalue weighted by Gasteiger charge is 2.14. The fourth-order valence-corrected chi connectivity index (χ4v) is 1.83. The van der Waals surface area contributed by atoms with E-state index in [-0.39, 0.29) is 11.5 Å². The maximum absolute atomic E-state index is 10.9. The number of aromatic nitrogens is 2. The third-order valence-electron chi connectivity index (χ3n) is 2.81. The van der Waals surface area contributed by atoms with Gasteiger partial charge >= 0.3 is 0 Å². The van der Waals surface area contributed by atoms with E-state index in [9.17, 15) is 10.1 Å². The first-order valence-electron chi connectivity index (χ1n) is 6.17. The molecule has 20 heavy (non-hydrogen) atoms. The van der Waals surface area contributed by atoms with E-state index in [0.717, 1.165) is 5.69 Å². The second-order valence-corrected chi connectivity index (χ2v) is 4.20. The van der Waals surface area contributed by atoms with Crippen molar-refractivity contribution in [1.29, 1.82) is 0 Å². The SMILES string of the molecule is CCN(Cc1ccccn1)c1cc([N+](=O)[O-])cc(N)n1. The lowest BCUT2D eigenvalue weighted by atomic mass is 10.3. The van der Waals surface area contributed by atoms with Crippen LogP contribution in [0.15, 0.2) is 36.5 Å². The molecule has 0 bridgehead atoms. The molecule has 2 aromatic rings. The maximum Gasteiger partial charge on any atom is 0.276 e. The van der Waals surface area contributed by atoms with Gasteiger partial charge in [-0.05, 0) is 19.1 Å². The molecule has 2 rings (SSSR count). The van der Waals surface area contributed by atoms with Crippen LogP contribution < -0.4 is 10.6 Å². The zero-order valence-electron chi connectivity index (χ0n) is 11.1. The minimum atomic E-state index is -0.476. The molecule has 0 fully saturated rings. The summed E-state index contributed by atoms with van der Waals surface area (Å²) in [7, 11) is 0. The van der Waals surface area contributed by atoms with Gasteiger partial charge in [0.25, 0.3) is 5.69 Å². The van der Waals surface area contributed by atoms with Crippen molar-refractivity contribution in [3.05, 3.63) is 52.3 Å². The smallest absolute Gasteiger partial charge is 0.276 e. The second-order valence-electron chi connectivity index (χ2n) is 4.20. The molecule has 0 saturated carbocycles. The zero-order chi connectivity index (χ0) is 14.5. The summed E-state index contributed by atoms with van der Waals surface area (Å²) < 4.78 is 0. The van der Waals surface area contributed by atoms with Crippen LogP contribution >= 0.6 is 0 Å². The number of pyridine rings is 2. The van der Waals surface area contributed by atoms with Gasteiger partial charge in [0, 0.05) is 12.7 Å². The van der Waals surface area contributed by atoms with Gasteiger partial charge in [0.1, 0.15) is 11.6 Å². The Bertz CT molecular complexity index is 603. The lowest BCUT2D eigenvalue weighted by Crippen LogP contribution is -2.24. The van der Waals surface area contributed by atoms with Crippen LogP contribution in [0, 0.1) is 10.1 Å². The van der Waals surface area contributed by atoms with Gasteiger partial charge in [0.05, 0.1) is 29.3 Å². The van der Waals surface area contributed by atoms with E-state index in [0.29, 0.717) is 18.9 Å². The fraction of sp³-hybridized carbons (Fsp3) is 0.231. The lowest BCUT2D eigenvalue weighted by molar-refractivity contribution is -0.384. The van der Waals surface area contributed by atoms with Gasteiger partial charge < -0.3 is 10.6 Å². The molecule has 0 aliphatic heterocycles. The van der Waals surface area contributed by atoms with Crippen LogP contribution in [0.4, 0.5) is 17.3 Å². The van der Waals surface area contributed by atoms with Gasteiger partial charge in [-0.3, -0.25) is 15.1 Å². The predicted octanol–water partition coefficient (Wildman–Crippen LogP) is 1.99. The number of rotatable bonds is 5. The first kappa shape index (κ1) is 13.7. The van der Waals surface area contributed by atoms with E-state index in [2.05, 4.69) is 9.97 Å². The van der Waals surface area contributed by atoms with Gasteiger partial charge in [0.15, 0.2) is 0 Å². The summed E-state index contributed by atoms with van der Waals surface area (Å²) in [6, 6.07) is 8.29. The predicted molar refractivity (Wildman–Crippen MR) is 76.3 cm³/mol. The molecule has 7 heteroatoms. The van der Waals surface area contributed by atoms with Crippen LogP contribution in [0.1, 0.15) is 12.6 Å². The first-order valence-corrected chi connectivity index (χ1v) is 6.17. The Kier molecular flexibility index (Phi) is 4.09. The molecule has 0 radical (unpaired) electrons. The Labute approximate surface area is 116 Å². The monoisotopic (exact) mass is 273 g/mol. The van der Waals surface area contributed by atoms with Crippen molar-refractivity contribution in [2.45, 2.75) is 13.5 Å². The van der Waals surface area contributed by atoms with Crippen molar-refractivity contribution < 1.29 is 4.92 Å². The molecular formula is C13H15N5O2. The van der Waals surface area contributed by atoms with Gasteiger partial charge in [-0.25, -0.2) is 4.98 Å². The minimum Gasteiger partial charge on any atom is -0.383 e. The van der Waals surface area contributed by atoms with Crippen LogP contribution in [0.25, 0.3) is 0 Å². The highest BCUT2D eigenvalue weighted by Crippen LogP contribution is 2.22. The molecule has 0 atom stereocenters. The topological polar surface area (TPSA) is 98.2 Å². The molecule has 0 aliphatic rings. The molecular weight excluding hydrogens is 258 g/mol. The fourth-order valence-electron chi connectivity index (χ4n) is 1.83. The number of hydrogen-bond donors (Lipinski definition) is 1. The first-order chi connectivity index (χ1) is 9.60. The van der Waals surface area contributed by atoms with Crippen molar-refractivity contribution in [3.8, 4) is 0 Å². The molecule has 0 unspecified atom stereocenters. The zero-order valence-corrected chi connectivity index (χ0v) is 11.1. The number of nitro groups is 1. The van der Waals surface area contributed by atoms with Crippen LogP contribution in [-0.2, 0) is 6.54 Å². The molecule has 104 valence electrons. The third kappa shape index (κ3) is 3.19. The van der Waals surface area contributed by atoms with Crippen molar-refractivity contribution in [2.24, 2.45) is 0 Å². The Hall–Kier alpha value is -2.70. The van der Waals surface area contributed by atoms with Gasteiger partial charge in [-0.1, -0.05) is 6.07 Å². The van der Waals surface area contributed by atoms with Gasteiger partial charge in [0.2, 0.25) is 0 Å². The molecule has 2 aromatic heterocycles. The van der Waals surface area contributed by atoms with E-state index >= 15 is 0 Å². The van der Waals surface area contributed by atoms with Crippen LogP contribution in [0.2, 0.25) is 0 Å². The lowest BCUT2D eigenvalue weighted by Gasteiger charge is -2.21. The summed E-state index contributed by atoms with van der Waals surface area (Å²) >= 11 is 0. The van der Waals surface area contributed by atoms with Crippen molar-refractivity contribution >= 4 is 17.3 Å². The number of nitrogen functional groups attached to an aromatic ring is 1. The summed E-state index contributed by atoms with van der Waals surface area (Å²) in [5.74, 6) is 0.610. The Morgan fingerprint density at radius 1 is 1.40 bits per heavy atom. The summed E-state index contributed by atoms with van der Waals surface area (Å²) in [4.78, 5) is 20.7. The largest absolute Gasteiger partial charge is 0.383 e. The van der Waals surface area contributed by atoms with Crippen molar-refractivity contribution in [2.75, 3.05) is 17.2 Å². The number of hydrogen-bond acceptors (Lipinski definition) is 6. The van der Waals surface area contributed by atoms with E-state index in [1.807, 2.05) is 30.0 Å². The normalized spacial score (nSPS) is 10.2. The maximum atomic E-state index is 10.9. The Morgan fingerprint density at radius 3 is 2.80 bits per heavy atom. The molecule has 0 spiro atoms. The van der Waals surface area contributed by atoms with Gasteiger partial charge in [-0.2, -0.15) is 0 Å². The summed E-state index contributed by atoms with van der Waals surface area (Å²) in [5, 5.41) is 10.9. The van der Waals surface area contributed by atoms with Crippen LogP contribution in [-0.4, -0.2) is 21.4 Å². The van der Waals surface area contributed by atoms with E-state index in [4.69, 9.17) is 5.73 Å². The Balaban J connectivity index is 2.29. The molecule has 2 N–H and O–H groups in total. The Morgan fingerprint density at radius 2 is 2.20 bits per heavy atom. The minimum absolute atomic E-state index is 0.0630. The van der Waals surface area contributed by atoms with Crippen molar-refractivity contribution in [1.82, 2.24) is 9.97 Å². The average molecular weight is 273 g/mol. The quantitative estimate of drug-likeness (QED) is 0.660. The van der Waals surface area contributed by atoms with Gasteiger partial charge in [-0.15, -0.1) is 0 Å². The molecule has 0 aliphatic carbocycles. The van der Waals surface area contributed by atoms with E-state index in [1.165, 1.54) is 12.1 Å². The standard InChI is InChI=1S/C13H15N5O2/c1-2-17(9-10-5-3-4-6-15-10)13-8-11(18(19)20)7-12(14)16-13/h3-8H,2,9H2,1H3,(H2,14,16). The molecule has 0 amide bonds. The molecule has 0 aromatic carbocycles. The number of nitrogens with two attached hydrogens (primary N) is 1. The number of nitrogens with zero attached hydrogens (tertiary/aromatic N) is 4. The van der Waals surface area contributed by atoms with Crippen molar-refractivity contribution in [3.63, 3.8) is 0 Å². The molecule has 2 heterocycles. The third-order valence-corrected chi connectivity index (χ3v) is 2.81. The average Bonchev–Trinajstić information content (AvgIpc) is 2.45. The van der Waals surface area contributed by atoms with E-state index < -0.39 is 4.92 Å². The summed E-state index contributed by atoms with van der Waals surface area (Å²) in [5.41, 5.74) is 6.42. The summed E-state index contributed by atoms with van der Waals surface area (Å²) in [6.45, 7) is 3.11. The van der Waals surface area contributed by atoms with E-state index in [1.54, 1.807) is 6.20 Å². The highest BCUT2D eigenvalue weighted by molar-refractivity contribution is 5.54. The number of anilines is 2. The highest BCUT2D eigenvalue weighted by atomic mass is 16.6. The van der Waals surface area contributed by atoms with Crippen LogP contribution in [0.5, 0.6) is 0 Å².